The van der Waals surface area contributed by atoms with Crippen LogP contribution >= 0.6 is 0 Å². The van der Waals surface area contributed by atoms with E-state index in [0.29, 0.717) is 12.1 Å². The summed E-state index contributed by atoms with van der Waals surface area (Å²) in [6.07, 6.45) is 6.15. The number of hydrogen-bond donors (Lipinski definition) is 1. The lowest BCUT2D eigenvalue weighted by atomic mass is 10.1. The van der Waals surface area contributed by atoms with Crippen molar-refractivity contribution in [3.05, 3.63) is 0 Å². The second-order valence-electron chi connectivity index (χ2n) is 4.22. The van der Waals surface area contributed by atoms with Gasteiger partial charge < -0.3 is 10.1 Å². The maximum Gasteiger partial charge on any atom is 0.201 e. The van der Waals surface area contributed by atoms with Crippen LogP contribution in [0.25, 0.3) is 0 Å². The summed E-state index contributed by atoms with van der Waals surface area (Å²) >= 11 is 0. The van der Waals surface area contributed by atoms with Crippen LogP contribution in [0.4, 0.5) is 0 Å². The van der Waals surface area contributed by atoms with E-state index >= 15 is 0 Å². The molecule has 2 heterocycles. The van der Waals surface area contributed by atoms with Crippen molar-refractivity contribution in [1.29, 1.82) is 0 Å². The molecule has 2 aliphatic heterocycles. The zero-order chi connectivity index (χ0) is 9.80. The molecule has 0 aromatic rings. The average molecular weight is 196 g/mol. The van der Waals surface area contributed by atoms with Gasteiger partial charge in [-0.05, 0) is 25.8 Å². The molecule has 14 heavy (non-hydrogen) atoms. The third-order valence-electron chi connectivity index (χ3n) is 2.96. The van der Waals surface area contributed by atoms with Gasteiger partial charge in [0.15, 0.2) is 0 Å². The largest absolute Gasteiger partial charge is 0.478 e. The minimum atomic E-state index is 0.408. The molecular weight excluding hydrogens is 176 g/mol. The summed E-state index contributed by atoms with van der Waals surface area (Å²) in [6, 6.07) is 0.837. The lowest BCUT2D eigenvalue weighted by molar-refractivity contribution is 0.287. The SMILES string of the molecule is CCCC1COC(C2CCCCN2)=N1. The highest BCUT2D eigenvalue weighted by Gasteiger charge is 2.26. The van der Waals surface area contributed by atoms with Gasteiger partial charge in [0.05, 0.1) is 12.1 Å². The van der Waals surface area contributed by atoms with Crippen molar-refractivity contribution in [1.82, 2.24) is 5.32 Å². The third-order valence-corrected chi connectivity index (χ3v) is 2.96. The fraction of sp³-hybridized carbons (Fsp3) is 0.909. The van der Waals surface area contributed by atoms with Crippen molar-refractivity contribution < 1.29 is 4.74 Å². The number of aliphatic imine (C=N–C) groups is 1. The minimum Gasteiger partial charge on any atom is -0.478 e. The van der Waals surface area contributed by atoms with E-state index in [4.69, 9.17) is 4.74 Å². The van der Waals surface area contributed by atoms with Crippen LogP contribution in [0, 0.1) is 0 Å². The van der Waals surface area contributed by atoms with Gasteiger partial charge in [-0.3, -0.25) is 0 Å². The molecule has 0 saturated carbocycles. The molecule has 2 unspecified atom stereocenters. The molecule has 0 aromatic carbocycles. The monoisotopic (exact) mass is 196 g/mol. The van der Waals surface area contributed by atoms with Crippen molar-refractivity contribution in [3.8, 4) is 0 Å². The summed E-state index contributed by atoms with van der Waals surface area (Å²) in [5.74, 6) is 0.975. The van der Waals surface area contributed by atoms with E-state index in [-0.39, 0.29) is 0 Å². The standard InChI is InChI=1S/C11H20N2O/c1-2-5-9-8-14-11(13-9)10-6-3-4-7-12-10/h9-10,12H,2-8H2,1H3. The first-order chi connectivity index (χ1) is 6.90. The van der Waals surface area contributed by atoms with E-state index in [0.717, 1.165) is 25.5 Å². The van der Waals surface area contributed by atoms with Crippen LogP contribution in [0.1, 0.15) is 39.0 Å². The van der Waals surface area contributed by atoms with Crippen molar-refractivity contribution in [2.75, 3.05) is 13.2 Å². The maximum absolute atomic E-state index is 5.65. The zero-order valence-corrected chi connectivity index (χ0v) is 8.96. The van der Waals surface area contributed by atoms with Crippen LogP contribution in [0.5, 0.6) is 0 Å². The summed E-state index contributed by atoms with van der Waals surface area (Å²) < 4.78 is 5.65. The highest BCUT2D eigenvalue weighted by molar-refractivity contribution is 5.83. The van der Waals surface area contributed by atoms with E-state index in [9.17, 15) is 0 Å². The van der Waals surface area contributed by atoms with Crippen molar-refractivity contribution in [3.63, 3.8) is 0 Å². The Balaban J connectivity index is 1.87. The van der Waals surface area contributed by atoms with Gasteiger partial charge in [-0.2, -0.15) is 0 Å². The highest BCUT2D eigenvalue weighted by atomic mass is 16.5. The molecule has 2 aliphatic rings. The predicted molar refractivity (Wildman–Crippen MR) is 57.7 cm³/mol. The molecule has 1 saturated heterocycles. The lowest BCUT2D eigenvalue weighted by Crippen LogP contribution is -2.40. The van der Waals surface area contributed by atoms with Gasteiger partial charge in [-0.15, -0.1) is 0 Å². The average Bonchev–Trinajstić information content (AvgIpc) is 2.68. The number of rotatable bonds is 3. The molecular formula is C11H20N2O. The quantitative estimate of drug-likeness (QED) is 0.745. The molecule has 0 aromatic heterocycles. The molecule has 0 amide bonds. The Labute approximate surface area is 85.9 Å². The van der Waals surface area contributed by atoms with Crippen molar-refractivity contribution in [2.24, 2.45) is 4.99 Å². The molecule has 1 N–H and O–H groups in total. The number of hydrogen-bond acceptors (Lipinski definition) is 3. The summed E-state index contributed by atoms with van der Waals surface area (Å²) in [5, 5.41) is 3.47. The maximum atomic E-state index is 5.65. The second-order valence-corrected chi connectivity index (χ2v) is 4.22. The van der Waals surface area contributed by atoms with Gasteiger partial charge in [0.25, 0.3) is 0 Å². The normalized spacial score (nSPS) is 32.5. The van der Waals surface area contributed by atoms with Crippen molar-refractivity contribution >= 4 is 5.90 Å². The van der Waals surface area contributed by atoms with Gasteiger partial charge in [-0.25, -0.2) is 4.99 Å². The predicted octanol–water partition coefficient (Wildman–Crippen LogP) is 1.73. The molecule has 0 bridgehead atoms. The molecule has 1 fully saturated rings. The van der Waals surface area contributed by atoms with Crippen LogP contribution in [0.3, 0.4) is 0 Å². The van der Waals surface area contributed by atoms with Gasteiger partial charge in [0.2, 0.25) is 5.90 Å². The van der Waals surface area contributed by atoms with Crippen LogP contribution in [0.15, 0.2) is 4.99 Å². The molecule has 0 spiro atoms. The second kappa shape index (κ2) is 4.78. The van der Waals surface area contributed by atoms with Gasteiger partial charge in [0, 0.05) is 0 Å². The zero-order valence-electron chi connectivity index (χ0n) is 8.96. The molecule has 80 valence electrons. The first kappa shape index (κ1) is 9.97. The van der Waals surface area contributed by atoms with Gasteiger partial charge in [-0.1, -0.05) is 19.8 Å². The van der Waals surface area contributed by atoms with Crippen LogP contribution in [0.2, 0.25) is 0 Å². The van der Waals surface area contributed by atoms with E-state index in [2.05, 4.69) is 17.2 Å². The van der Waals surface area contributed by atoms with E-state index in [1.807, 2.05) is 0 Å². The Hall–Kier alpha value is -0.570. The summed E-state index contributed by atoms with van der Waals surface area (Å²) in [7, 11) is 0. The molecule has 3 heteroatoms. The van der Waals surface area contributed by atoms with E-state index < -0.39 is 0 Å². The van der Waals surface area contributed by atoms with Crippen LogP contribution in [-0.4, -0.2) is 31.1 Å². The van der Waals surface area contributed by atoms with Crippen LogP contribution < -0.4 is 5.32 Å². The summed E-state index contributed by atoms with van der Waals surface area (Å²) in [5.41, 5.74) is 0. The van der Waals surface area contributed by atoms with E-state index in [1.165, 1.54) is 25.7 Å². The Bertz CT molecular complexity index is 209. The topological polar surface area (TPSA) is 33.6 Å². The number of nitrogens with one attached hydrogen (secondary N) is 1. The molecule has 0 radical (unpaired) electrons. The number of nitrogens with zero attached hydrogens (tertiary/aromatic N) is 1. The molecule has 2 atom stereocenters. The van der Waals surface area contributed by atoms with Crippen LogP contribution in [-0.2, 0) is 4.74 Å². The third kappa shape index (κ3) is 2.27. The van der Waals surface area contributed by atoms with Gasteiger partial charge >= 0.3 is 0 Å². The lowest BCUT2D eigenvalue weighted by Gasteiger charge is -2.22. The fourth-order valence-electron chi connectivity index (χ4n) is 2.17. The van der Waals surface area contributed by atoms with E-state index in [1.54, 1.807) is 0 Å². The highest BCUT2D eigenvalue weighted by Crippen LogP contribution is 2.16. The summed E-state index contributed by atoms with van der Waals surface area (Å²) in [6.45, 7) is 4.12. The number of piperidine rings is 1. The summed E-state index contributed by atoms with van der Waals surface area (Å²) in [4.78, 5) is 4.63. The first-order valence-corrected chi connectivity index (χ1v) is 5.84. The molecule has 2 rings (SSSR count). The number of ether oxygens (including phenoxy) is 1. The Morgan fingerprint density at radius 3 is 3.14 bits per heavy atom. The fourth-order valence-corrected chi connectivity index (χ4v) is 2.17. The Kier molecular flexibility index (Phi) is 3.40. The first-order valence-electron chi connectivity index (χ1n) is 5.84. The van der Waals surface area contributed by atoms with Crippen molar-refractivity contribution in [2.45, 2.75) is 51.1 Å². The minimum absolute atomic E-state index is 0.408. The van der Waals surface area contributed by atoms with Gasteiger partial charge in [0.1, 0.15) is 6.61 Å². The molecule has 0 aliphatic carbocycles. The molecule has 3 nitrogen and oxygen atoms in total. The smallest absolute Gasteiger partial charge is 0.201 e. The Morgan fingerprint density at radius 2 is 2.43 bits per heavy atom. The Morgan fingerprint density at radius 1 is 1.50 bits per heavy atom.